The Morgan fingerprint density at radius 3 is 2.94 bits per heavy atom. The third kappa shape index (κ3) is 2.98. The van der Waals surface area contributed by atoms with Gasteiger partial charge in [-0.2, -0.15) is 0 Å². The number of anilines is 2. The van der Waals surface area contributed by atoms with E-state index in [1.807, 2.05) is 18.3 Å². The third-order valence-electron chi connectivity index (χ3n) is 2.24. The first kappa shape index (κ1) is 10.5. The second kappa shape index (κ2) is 5.16. The lowest BCUT2D eigenvalue weighted by Crippen LogP contribution is -2.05. The van der Waals surface area contributed by atoms with Gasteiger partial charge in [0.05, 0.1) is 11.9 Å². The topological polar surface area (TPSA) is 79.6 Å². The Balaban J connectivity index is 1.70. The maximum Gasteiger partial charge on any atom is 0.126 e. The summed E-state index contributed by atoms with van der Waals surface area (Å²) in [6.45, 7) is 0.873. The van der Waals surface area contributed by atoms with Gasteiger partial charge in [0.15, 0.2) is 0 Å². The first-order valence-electron chi connectivity index (χ1n) is 5.28. The molecule has 0 aliphatic heterocycles. The largest absolute Gasteiger partial charge is 0.397 e. The Hall–Kier alpha value is -2.04. The Kier molecular flexibility index (Phi) is 3.38. The van der Waals surface area contributed by atoms with Crippen molar-refractivity contribution in [2.24, 2.45) is 0 Å². The van der Waals surface area contributed by atoms with Crippen LogP contribution in [-0.4, -0.2) is 21.5 Å². The summed E-state index contributed by atoms with van der Waals surface area (Å²) in [6.07, 6.45) is 7.21. The van der Waals surface area contributed by atoms with Crippen molar-refractivity contribution in [2.75, 3.05) is 17.6 Å². The highest BCUT2D eigenvalue weighted by Gasteiger charge is 1.95. The van der Waals surface area contributed by atoms with Gasteiger partial charge in [0.25, 0.3) is 0 Å². The van der Waals surface area contributed by atoms with E-state index in [1.165, 1.54) is 0 Å². The fourth-order valence-electron chi connectivity index (χ4n) is 1.42. The van der Waals surface area contributed by atoms with Crippen LogP contribution in [0.2, 0.25) is 0 Å². The molecule has 0 amide bonds. The highest BCUT2D eigenvalue weighted by Crippen LogP contribution is 2.05. The van der Waals surface area contributed by atoms with E-state index in [0.29, 0.717) is 5.69 Å². The quantitative estimate of drug-likeness (QED) is 0.662. The van der Waals surface area contributed by atoms with E-state index in [4.69, 9.17) is 5.73 Å². The van der Waals surface area contributed by atoms with E-state index in [1.54, 1.807) is 12.4 Å². The zero-order valence-corrected chi connectivity index (χ0v) is 8.98. The number of aromatic amines is 1. The number of hydrogen-bond donors (Lipinski definition) is 3. The SMILES string of the molecule is Nc1ccc(NCCCc2ncc[nH]2)nc1. The highest BCUT2D eigenvalue weighted by atomic mass is 15.0. The van der Waals surface area contributed by atoms with Crippen LogP contribution in [0.5, 0.6) is 0 Å². The summed E-state index contributed by atoms with van der Waals surface area (Å²) in [4.78, 5) is 11.4. The minimum absolute atomic E-state index is 0.682. The van der Waals surface area contributed by atoms with Gasteiger partial charge in [-0.1, -0.05) is 0 Å². The molecule has 0 unspecified atom stereocenters. The fraction of sp³-hybridized carbons (Fsp3) is 0.273. The molecule has 0 radical (unpaired) electrons. The standard InChI is InChI=1S/C11H15N5/c12-9-3-4-11(16-8-9)13-5-1-2-10-14-6-7-15-10/h3-4,6-8H,1-2,5,12H2,(H,13,16)(H,14,15). The second-order valence-electron chi connectivity index (χ2n) is 3.54. The Bertz CT molecular complexity index is 406. The van der Waals surface area contributed by atoms with Crippen LogP contribution >= 0.6 is 0 Å². The molecule has 0 atom stereocenters. The molecular formula is C11H15N5. The molecule has 2 aromatic heterocycles. The number of nitrogens with two attached hydrogens (primary N) is 1. The van der Waals surface area contributed by atoms with E-state index >= 15 is 0 Å². The van der Waals surface area contributed by atoms with Gasteiger partial charge in [-0.15, -0.1) is 0 Å². The van der Waals surface area contributed by atoms with Crippen molar-refractivity contribution in [2.45, 2.75) is 12.8 Å². The summed E-state index contributed by atoms with van der Waals surface area (Å²) in [5, 5.41) is 3.23. The Morgan fingerprint density at radius 1 is 1.31 bits per heavy atom. The number of rotatable bonds is 5. The summed E-state index contributed by atoms with van der Waals surface area (Å²) in [5.41, 5.74) is 6.22. The first-order chi connectivity index (χ1) is 7.84. The molecule has 5 heteroatoms. The normalized spacial score (nSPS) is 10.2. The summed E-state index contributed by atoms with van der Waals surface area (Å²) < 4.78 is 0. The predicted molar refractivity (Wildman–Crippen MR) is 64.0 cm³/mol. The number of hydrogen-bond acceptors (Lipinski definition) is 4. The molecule has 0 saturated heterocycles. The first-order valence-corrected chi connectivity index (χ1v) is 5.28. The summed E-state index contributed by atoms with van der Waals surface area (Å²) in [6, 6.07) is 3.71. The van der Waals surface area contributed by atoms with Crippen LogP contribution in [-0.2, 0) is 6.42 Å². The molecule has 5 nitrogen and oxygen atoms in total. The molecule has 2 heterocycles. The van der Waals surface area contributed by atoms with Crippen LogP contribution in [0, 0.1) is 0 Å². The minimum atomic E-state index is 0.682. The van der Waals surface area contributed by atoms with Gasteiger partial charge in [0, 0.05) is 25.4 Å². The number of nitrogen functional groups attached to an aromatic ring is 1. The Morgan fingerprint density at radius 2 is 2.25 bits per heavy atom. The van der Waals surface area contributed by atoms with Gasteiger partial charge in [0.2, 0.25) is 0 Å². The fourth-order valence-corrected chi connectivity index (χ4v) is 1.42. The lowest BCUT2D eigenvalue weighted by molar-refractivity contribution is 0.814. The molecule has 0 bridgehead atoms. The highest BCUT2D eigenvalue weighted by molar-refractivity contribution is 5.43. The molecule has 0 spiro atoms. The van der Waals surface area contributed by atoms with Crippen molar-refractivity contribution < 1.29 is 0 Å². The van der Waals surface area contributed by atoms with Crippen molar-refractivity contribution in [1.29, 1.82) is 0 Å². The van der Waals surface area contributed by atoms with E-state index < -0.39 is 0 Å². The number of H-pyrrole nitrogens is 1. The van der Waals surface area contributed by atoms with Crippen molar-refractivity contribution in [3.8, 4) is 0 Å². The zero-order chi connectivity index (χ0) is 11.2. The molecule has 0 aliphatic carbocycles. The molecule has 4 N–H and O–H groups in total. The van der Waals surface area contributed by atoms with Crippen LogP contribution in [0.3, 0.4) is 0 Å². The Labute approximate surface area is 94.1 Å². The van der Waals surface area contributed by atoms with Crippen molar-refractivity contribution >= 4 is 11.5 Å². The molecule has 0 saturated carbocycles. The second-order valence-corrected chi connectivity index (χ2v) is 3.54. The van der Waals surface area contributed by atoms with Crippen LogP contribution in [0.15, 0.2) is 30.7 Å². The van der Waals surface area contributed by atoms with E-state index in [0.717, 1.165) is 31.0 Å². The number of aryl methyl sites for hydroxylation is 1. The lowest BCUT2D eigenvalue weighted by Gasteiger charge is -2.04. The molecule has 0 aliphatic rings. The lowest BCUT2D eigenvalue weighted by atomic mass is 10.3. The van der Waals surface area contributed by atoms with Gasteiger partial charge in [0.1, 0.15) is 11.6 Å². The molecule has 84 valence electrons. The summed E-state index contributed by atoms with van der Waals surface area (Å²) in [7, 11) is 0. The molecule has 0 aromatic carbocycles. The average molecular weight is 217 g/mol. The van der Waals surface area contributed by atoms with Crippen LogP contribution < -0.4 is 11.1 Å². The van der Waals surface area contributed by atoms with E-state index in [-0.39, 0.29) is 0 Å². The van der Waals surface area contributed by atoms with Crippen LogP contribution in [0.1, 0.15) is 12.2 Å². The van der Waals surface area contributed by atoms with Gasteiger partial charge in [-0.3, -0.25) is 0 Å². The van der Waals surface area contributed by atoms with Crippen LogP contribution in [0.25, 0.3) is 0 Å². The van der Waals surface area contributed by atoms with Crippen molar-refractivity contribution in [3.63, 3.8) is 0 Å². The van der Waals surface area contributed by atoms with Gasteiger partial charge < -0.3 is 16.0 Å². The third-order valence-corrected chi connectivity index (χ3v) is 2.24. The molecule has 0 fully saturated rings. The van der Waals surface area contributed by atoms with Crippen molar-refractivity contribution in [1.82, 2.24) is 15.0 Å². The average Bonchev–Trinajstić information content (AvgIpc) is 2.80. The van der Waals surface area contributed by atoms with E-state index in [2.05, 4.69) is 20.3 Å². The van der Waals surface area contributed by atoms with Gasteiger partial charge in [-0.05, 0) is 18.6 Å². The molecule has 2 aromatic rings. The van der Waals surface area contributed by atoms with Gasteiger partial charge >= 0.3 is 0 Å². The summed E-state index contributed by atoms with van der Waals surface area (Å²) in [5.74, 6) is 1.88. The molecule has 16 heavy (non-hydrogen) atoms. The smallest absolute Gasteiger partial charge is 0.126 e. The van der Waals surface area contributed by atoms with Gasteiger partial charge in [-0.25, -0.2) is 9.97 Å². The monoisotopic (exact) mass is 217 g/mol. The predicted octanol–water partition coefficient (Wildman–Crippen LogP) is 1.43. The number of nitrogens with zero attached hydrogens (tertiary/aromatic N) is 2. The maximum absolute atomic E-state index is 5.54. The van der Waals surface area contributed by atoms with Crippen LogP contribution in [0.4, 0.5) is 11.5 Å². The molecular weight excluding hydrogens is 202 g/mol. The number of pyridine rings is 1. The number of imidazole rings is 1. The van der Waals surface area contributed by atoms with E-state index in [9.17, 15) is 0 Å². The number of aromatic nitrogens is 3. The maximum atomic E-state index is 5.54. The summed E-state index contributed by atoms with van der Waals surface area (Å²) >= 11 is 0. The minimum Gasteiger partial charge on any atom is -0.397 e. The van der Waals surface area contributed by atoms with Crippen molar-refractivity contribution in [3.05, 3.63) is 36.5 Å². The number of nitrogens with one attached hydrogen (secondary N) is 2. The molecule has 2 rings (SSSR count). The zero-order valence-electron chi connectivity index (χ0n) is 8.98.